The number of likely N-dealkylation sites (tertiary alicyclic amines) is 2. The Hall–Kier alpha value is -5.10. The van der Waals surface area contributed by atoms with Crippen molar-refractivity contribution < 1.29 is 24.3 Å². The molecule has 0 spiro atoms. The number of aromatic hydroxyl groups is 1. The standard InChI is InChI=1S/C46H44ClN5O5S/c1-25-33-21-28(47)12-15-37(33)58-41(25)36-23-38(49(3)48-36)52-43(55)35-22-34-31(40(46(35,2)45(52)57)27-10-7-11-30(53)20-27)13-14-32-39(34)44(56)51(42(32)54)29-16-18-50(19-17-29)24-26-8-5-4-6-9-26/h4-13,15,20-21,23,29,32,34-35,39-40,53H,14,16-19,22,24H2,1-3H3/t32-,34+,35-,39-,40-,46+/m0/s1. The molecule has 4 amide bonds. The van der Waals surface area contributed by atoms with Crippen molar-refractivity contribution in [3.63, 3.8) is 0 Å². The molecule has 1 N–H and O–H groups in total. The first-order chi connectivity index (χ1) is 27.9. The average Bonchev–Trinajstić information content (AvgIpc) is 3.88. The van der Waals surface area contributed by atoms with Gasteiger partial charge in [-0.05, 0) is 97.9 Å². The number of phenols is 1. The summed E-state index contributed by atoms with van der Waals surface area (Å²) in [6, 6.07) is 24.6. The van der Waals surface area contributed by atoms with E-state index in [4.69, 9.17) is 16.7 Å². The van der Waals surface area contributed by atoms with Crippen LogP contribution in [0.25, 0.3) is 20.7 Å². The molecule has 58 heavy (non-hydrogen) atoms. The molecule has 2 aliphatic carbocycles. The molecule has 3 saturated heterocycles. The Morgan fingerprint density at radius 3 is 2.45 bits per heavy atom. The Balaban J connectivity index is 0.984. The number of aryl methyl sites for hydroxylation is 2. The Morgan fingerprint density at radius 2 is 1.69 bits per heavy atom. The molecule has 0 bridgehead atoms. The van der Waals surface area contributed by atoms with E-state index in [1.165, 1.54) is 10.5 Å². The molecule has 1 saturated carbocycles. The summed E-state index contributed by atoms with van der Waals surface area (Å²) in [7, 11) is 1.74. The maximum atomic E-state index is 15.1. The number of rotatable bonds is 6. The van der Waals surface area contributed by atoms with Gasteiger partial charge in [-0.25, -0.2) is 4.90 Å². The van der Waals surface area contributed by atoms with E-state index in [1.54, 1.807) is 46.2 Å². The van der Waals surface area contributed by atoms with E-state index in [-0.39, 0.29) is 41.8 Å². The van der Waals surface area contributed by atoms with E-state index in [9.17, 15) is 19.5 Å². The Morgan fingerprint density at radius 1 is 0.914 bits per heavy atom. The molecule has 2 aromatic heterocycles. The lowest BCUT2D eigenvalue weighted by Gasteiger charge is -2.49. The van der Waals surface area contributed by atoms with Crippen molar-refractivity contribution in [1.82, 2.24) is 19.6 Å². The average molecular weight is 814 g/mol. The molecular weight excluding hydrogens is 770 g/mol. The van der Waals surface area contributed by atoms with Crippen molar-refractivity contribution in [3.8, 4) is 16.3 Å². The van der Waals surface area contributed by atoms with Gasteiger partial charge >= 0.3 is 0 Å². The number of imide groups is 2. The molecule has 0 unspecified atom stereocenters. The molecule has 5 aliphatic rings. The van der Waals surface area contributed by atoms with Crippen molar-refractivity contribution in [1.29, 1.82) is 0 Å². The summed E-state index contributed by atoms with van der Waals surface area (Å²) < 4.78 is 2.66. The summed E-state index contributed by atoms with van der Waals surface area (Å²) in [5.74, 6) is -3.48. The summed E-state index contributed by atoms with van der Waals surface area (Å²) in [6.07, 6.45) is 4.15. The monoisotopic (exact) mass is 813 g/mol. The normalized spacial score (nSPS) is 27.7. The number of hydrogen-bond donors (Lipinski definition) is 1. The lowest BCUT2D eigenvalue weighted by Crippen LogP contribution is -2.49. The second kappa shape index (κ2) is 13.7. The van der Waals surface area contributed by atoms with Crippen LogP contribution in [0.15, 0.2) is 90.5 Å². The van der Waals surface area contributed by atoms with Gasteiger partial charge in [-0.3, -0.25) is 33.7 Å². The predicted molar refractivity (Wildman–Crippen MR) is 223 cm³/mol. The van der Waals surface area contributed by atoms with Gasteiger partial charge in [0.1, 0.15) is 17.3 Å². The van der Waals surface area contributed by atoms with Gasteiger partial charge in [0.2, 0.25) is 23.6 Å². The number of halogens is 1. The van der Waals surface area contributed by atoms with Gasteiger partial charge in [-0.15, -0.1) is 11.3 Å². The molecule has 0 radical (unpaired) electrons. The van der Waals surface area contributed by atoms with Crippen molar-refractivity contribution in [2.75, 3.05) is 18.0 Å². The molecule has 3 aliphatic heterocycles. The van der Waals surface area contributed by atoms with Crippen molar-refractivity contribution in [2.24, 2.45) is 36.1 Å². The molecule has 12 heteroatoms. The second-order valence-electron chi connectivity index (χ2n) is 17.0. The number of anilines is 1. The SMILES string of the molecule is Cc1c(-c2cc(N3C(=O)[C@@H]4C[C@@H]5C(=CC[C@@H]6C(=O)N(C7CCN(Cc8ccccc8)CC7)C(=O)[C@@H]65)[C@H](c5cccc(O)c5)[C@]4(C)C3=O)n(C)n2)sc2ccc(Cl)cc12. The van der Waals surface area contributed by atoms with Crippen molar-refractivity contribution in [2.45, 2.75) is 58.0 Å². The fourth-order valence-electron chi connectivity index (χ4n) is 11.1. The van der Waals surface area contributed by atoms with Gasteiger partial charge in [0.05, 0.1) is 28.0 Å². The Labute approximate surface area is 345 Å². The lowest BCUT2D eigenvalue weighted by molar-refractivity contribution is -0.144. The summed E-state index contributed by atoms with van der Waals surface area (Å²) >= 11 is 7.92. The van der Waals surface area contributed by atoms with Crippen LogP contribution < -0.4 is 4.90 Å². The summed E-state index contributed by atoms with van der Waals surface area (Å²) in [5, 5.41) is 17.2. The van der Waals surface area contributed by atoms with Gasteiger partial charge in [-0.1, -0.05) is 65.7 Å². The minimum absolute atomic E-state index is 0.0517. The largest absolute Gasteiger partial charge is 0.508 e. The number of nitrogens with zero attached hydrogens (tertiary/aromatic N) is 5. The lowest BCUT2D eigenvalue weighted by atomic mass is 9.51. The maximum Gasteiger partial charge on any atom is 0.242 e. The Bertz CT molecular complexity index is 2570. The number of carbonyl (C=O) groups excluding carboxylic acids is 4. The van der Waals surface area contributed by atoms with Gasteiger partial charge in [0.15, 0.2) is 0 Å². The summed E-state index contributed by atoms with van der Waals surface area (Å²) in [6.45, 7) is 6.30. The molecule has 6 atom stereocenters. The van der Waals surface area contributed by atoms with Gasteiger partial charge < -0.3 is 5.11 Å². The van der Waals surface area contributed by atoms with Gasteiger partial charge in [0.25, 0.3) is 0 Å². The fraction of sp³-hybridized carbons (Fsp3) is 0.370. The first-order valence-electron chi connectivity index (χ1n) is 20.2. The van der Waals surface area contributed by atoms with Crippen LogP contribution in [-0.2, 0) is 32.8 Å². The van der Waals surface area contributed by atoms with Gasteiger partial charge in [0, 0.05) is 54.4 Å². The van der Waals surface area contributed by atoms with Crippen molar-refractivity contribution in [3.05, 3.63) is 112 Å². The predicted octanol–water partition coefficient (Wildman–Crippen LogP) is 7.86. The number of piperidine rings is 1. The van der Waals surface area contributed by atoms with Crippen LogP contribution in [-0.4, -0.2) is 67.4 Å². The molecular formula is C46H44ClN5O5S. The van der Waals surface area contributed by atoms with Crippen molar-refractivity contribution >= 4 is 62.5 Å². The quantitative estimate of drug-likeness (QED) is 0.137. The van der Waals surface area contributed by atoms with E-state index in [0.717, 1.165) is 45.7 Å². The molecule has 5 heterocycles. The minimum atomic E-state index is -1.23. The molecule has 296 valence electrons. The van der Waals surface area contributed by atoms with Crippen LogP contribution in [0.1, 0.15) is 55.2 Å². The van der Waals surface area contributed by atoms with Crippen LogP contribution in [0.3, 0.4) is 0 Å². The number of fused-ring (bicyclic) bond motifs is 5. The van der Waals surface area contributed by atoms with E-state index in [1.807, 2.05) is 62.4 Å². The van der Waals surface area contributed by atoms with E-state index >= 15 is 4.79 Å². The number of benzene rings is 3. The summed E-state index contributed by atoms with van der Waals surface area (Å²) in [4.78, 5) is 65.2. The van der Waals surface area contributed by atoms with Crippen LogP contribution >= 0.6 is 22.9 Å². The van der Waals surface area contributed by atoms with Crippen LogP contribution in [0.2, 0.25) is 5.02 Å². The van der Waals surface area contributed by atoms with E-state index in [0.29, 0.717) is 41.4 Å². The van der Waals surface area contributed by atoms with E-state index in [2.05, 4.69) is 23.1 Å². The highest BCUT2D eigenvalue weighted by molar-refractivity contribution is 7.22. The number of allylic oxidation sites excluding steroid dienone is 2. The molecule has 4 fully saturated rings. The third-order valence-corrected chi connectivity index (χ3v) is 15.4. The zero-order valence-corrected chi connectivity index (χ0v) is 34.2. The highest BCUT2D eigenvalue weighted by Crippen LogP contribution is 2.64. The van der Waals surface area contributed by atoms with Crippen LogP contribution in [0.5, 0.6) is 5.75 Å². The zero-order chi connectivity index (χ0) is 40.2. The highest BCUT2D eigenvalue weighted by Gasteiger charge is 2.68. The second-order valence-corrected chi connectivity index (χ2v) is 18.5. The molecule has 3 aromatic carbocycles. The maximum absolute atomic E-state index is 15.1. The third kappa shape index (κ3) is 5.57. The Kier molecular flexibility index (Phi) is 8.81. The highest BCUT2D eigenvalue weighted by atomic mass is 35.5. The van der Waals surface area contributed by atoms with Crippen LogP contribution in [0, 0.1) is 36.0 Å². The third-order valence-electron chi connectivity index (χ3n) is 13.9. The fourth-order valence-corrected chi connectivity index (χ4v) is 12.4. The molecule has 10 nitrogen and oxygen atoms in total. The number of aromatic nitrogens is 2. The van der Waals surface area contributed by atoms with Gasteiger partial charge in [-0.2, -0.15) is 5.10 Å². The minimum Gasteiger partial charge on any atom is -0.508 e. The smallest absolute Gasteiger partial charge is 0.242 e. The summed E-state index contributed by atoms with van der Waals surface area (Å²) in [5.41, 5.74) is 3.28. The van der Waals surface area contributed by atoms with Crippen LogP contribution in [0.4, 0.5) is 5.82 Å². The topological polar surface area (TPSA) is 116 Å². The number of phenolic OH excluding ortho intramolecular Hbond substituents is 1. The first kappa shape index (κ1) is 37.2. The first-order valence-corrected chi connectivity index (χ1v) is 21.4. The number of amides is 4. The number of thiophene rings is 1. The number of carbonyl (C=O) groups is 4. The molecule has 5 aromatic rings. The number of hydrogen-bond acceptors (Lipinski definition) is 8. The van der Waals surface area contributed by atoms with E-state index < -0.39 is 35.0 Å². The zero-order valence-electron chi connectivity index (χ0n) is 32.6. The molecule has 10 rings (SSSR count).